The Labute approximate surface area is 163 Å². The van der Waals surface area contributed by atoms with Crippen molar-refractivity contribution in [1.29, 1.82) is 0 Å². The molecule has 4 rings (SSSR count). The summed E-state index contributed by atoms with van der Waals surface area (Å²) < 4.78 is 0. The zero-order valence-electron chi connectivity index (χ0n) is 15.2. The van der Waals surface area contributed by atoms with E-state index in [1.54, 1.807) is 17.8 Å². The highest BCUT2D eigenvalue weighted by molar-refractivity contribution is 7.99. The minimum absolute atomic E-state index is 0.205. The fourth-order valence-corrected chi connectivity index (χ4v) is 4.91. The Morgan fingerprint density at radius 2 is 1.67 bits per heavy atom. The third-order valence-corrected chi connectivity index (χ3v) is 6.59. The topological polar surface area (TPSA) is 51.2 Å². The van der Waals surface area contributed by atoms with Gasteiger partial charge < -0.3 is 0 Å². The predicted molar refractivity (Wildman–Crippen MR) is 106 cm³/mol. The molecule has 0 radical (unpaired) electrons. The van der Waals surface area contributed by atoms with Crippen LogP contribution in [-0.4, -0.2) is 17.3 Å². The monoisotopic (exact) mass is 378 g/mol. The lowest BCUT2D eigenvalue weighted by Gasteiger charge is -2.08. The van der Waals surface area contributed by atoms with Crippen molar-refractivity contribution in [1.82, 2.24) is 0 Å². The molecule has 2 aromatic rings. The van der Waals surface area contributed by atoms with E-state index in [0.717, 1.165) is 33.3 Å². The molecule has 0 spiro atoms. The fourth-order valence-electron chi connectivity index (χ4n) is 4.03. The van der Waals surface area contributed by atoms with Crippen molar-refractivity contribution in [2.75, 3.05) is 0 Å². The molecule has 0 N–H and O–H groups in total. The van der Waals surface area contributed by atoms with Gasteiger partial charge in [-0.1, -0.05) is 49.6 Å². The Kier molecular flexibility index (Phi) is 5.26. The van der Waals surface area contributed by atoms with E-state index < -0.39 is 0 Å². The van der Waals surface area contributed by atoms with Gasteiger partial charge >= 0.3 is 0 Å². The van der Waals surface area contributed by atoms with Crippen molar-refractivity contribution in [3.05, 3.63) is 59.2 Å². The van der Waals surface area contributed by atoms with Gasteiger partial charge in [0.05, 0.1) is 0 Å². The van der Waals surface area contributed by atoms with Gasteiger partial charge in [0.1, 0.15) is 0 Å². The minimum Gasteiger partial charge on any atom is -0.294 e. The summed E-state index contributed by atoms with van der Waals surface area (Å²) in [5, 5.41) is 0. The van der Waals surface area contributed by atoms with E-state index in [1.807, 2.05) is 36.4 Å². The largest absolute Gasteiger partial charge is 0.294 e. The minimum atomic E-state index is -0.373. The Hall–Kier alpha value is -2.20. The maximum absolute atomic E-state index is 12.4. The lowest BCUT2D eigenvalue weighted by atomic mass is 9.97. The predicted octanol–water partition coefficient (Wildman–Crippen LogP) is 5.30. The zero-order valence-corrected chi connectivity index (χ0v) is 16.0. The van der Waals surface area contributed by atoms with Gasteiger partial charge in [0.2, 0.25) is 11.6 Å². The first-order chi connectivity index (χ1) is 13.1. The summed E-state index contributed by atoms with van der Waals surface area (Å²) in [6, 6.07) is 13.3. The number of ketones is 3. The first kappa shape index (κ1) is 18.2. The third-order valence-electron chi connectivity index (χ3n) is 5.59. The van der Waals surface area contributed by atoms with Gasteiger partial charge in [0.15, 0.2) is 5.78 Å². The van der Waals surface area contributed by atoms with Crippen LogP contribution in [0.2, 0.25) is 0 Å². The van der Waals surface area contributed by atoms with E-state index in [1.165, 1.54) is 25.7 Å². The molecule has 0 aliphatic heterocycles. The van der Waals surface area contributed by atoms with Crippen LogP contribution < -0.4 is 0 Å². The summed E-state index contributed by atoms with van der Waals surface area (Å²) in [5.41, 5.74) is 2.13. The molecule has 0 saturated heterocycles. The van der Waals surface area contributed by atoms with Crippen LogP contribution in [0, 0.1) is 5.92 Å². The van der Waals surface area contributed by atoms with Crippen LogP contribution in [-0.2, 0) is 11.2 Å². The van der Waals surface area contributed by atoms with E-state index in [0.29, 0.717) is 12.0 Å². The Bertz CT molecular complexity index is 892. The van der Waals surface area contributed by atoms with Gasteiger partial charge in [-0.05, 0) is 48.2 Å². The molecule has 1 saturated carbocycles. The van der Waals surface area contributed by atoms with Gasteiger partial charge in [0.25, 0.3) is 0 Å². The first-order valence-corrected chi connectivity index (χ1v) is 10.4. The summed E-state index contributed by atoms with van der Waals surface area (Å²) in [5.74, 6) is 0.269. The number of fused-ring (bicyclic) bond motifs is 1. The summed E-state index contributed by atoms with van der Waals surface area (Å²) >= 11 is 1.58. The molecular weight excluding hydrogens is 356 g/mol. The molecule has 27 heavy (non-hydrogen) atoms. The van der Waals surface area contributed by atoms with Crippen LogP contribution in [0.4, 0.5) is 0 Å². The SMILES string of the molecule is O=C1Cc2cc(Sc3ccc(C(=O)CCC4CCCC4)cc3)ccc2C1=O. The van der Waals surface area contributed by atoms with E-state index in [-0.39, 0.29) is 23.8 Å². The summed E-state index contributed by atoms with van der Waals surface area (Å²) in [7, 11) is 0. The van der Waals surface area contributed by atoms with Crippen molar-refractivity contribution in [3.8, 4) is 0 Å². The first-order valence-electron chi connectivity index (χ1n) is 9.62. The quantitative estimate of drug-likeness (QED) is 0.506. The summed E-state index contributed by atoms with van der Waals surface area (Å²) in [6.45, 7) is 0. The average molecular weight is 378 g/mol. The molecule has 0 atom stereocenters. The second-order valence-corrected chi connectivity index (χ2v) is 8.63. The molecule has 0 heterocycles. The molecule has 2 aromatic carbocycles. The molecular formula is C23H22O3S. The van der Waals surface area contributed by atoms with Crippen molar-refractivity contribution >= 4 is 29.1 Å². The average Bonchev–Trinajstić information content (AvgIpc) is 3.29. The number of benzene rings is 2. The van der Waals surface area contributed by atoms with Crippen LogP contribution in [0.1, 0.15) is 64.8 Å². The number of hydrogen-bond donors (Lipinski definition) is 0. The summed E-state index contributed by atoms with van der Waals surface area (Å²) in [4.78, 5) is 37.7. The van der Waals surface area contributed by atoms with E-state index in [4.69, 9.17) is 0 Å². The lowest BCUT2D eigenvalue weighted by Crippen LogP contribution is -2.05. The number of carbonyl (C=O) groups excluding carboxylic acids is 3. The van der Waals surface area contributed by atoms with Crippen molar-refractivity contribution in [2.24, 2.45) is 5.92 Å². The molecule has 2 aliphatic rings. The molecule has 3 nitrogen and oxygen atoms in total. The highest BCUT2D eigenvalue weighted by Gasteiger charge is 2.28. The normalized spacial score (nSPS) is 16.7. The number of rotatable bonds is 6. The number of hydrogen-bond acceptors (Lipinski definition) is 4. The number of Topliss-reactive ketones (excluding diaryl/α,β-unsaturated/α-hetero) is 3. The molecule has 0 bridgehead atoms. The van der Waals surface area contributed by atoms with Crippen LogP contribution in [0.15, 0.2) is 52.3 Å². The fraction of sp³-hybridized carbons (Fsp3) is 0.348. The smallest absolute Gasteiger partial charge is 0.229 e. The molecule has 0 aromatic heterocycles. The zero-order chi connectivity index (χ0) is 18.8. The van der Waals surface area contributed by atoms with E-state index in [2.05, 4.69) is 0 Å². The molecule has 138 valence electrons. The second-order valence-electron chi connectivity index (χ2n) is 7.49. The van der Waals surface area contributed by atoms with E-state index >= 15 is 0 Å². The van der Waals surface area contributed by atoms with Gasteiger partial charge in [-0.25, -0.2) is 0 Å². The highest BCUT2D eigenvalue weighted by atomic mass is 32.2. The van der Waals surface area contributed by atoms with Gasteiger partial charge in [-0.2, -0.15) is 0 Å². The Balaban J connectivity index is 1.38. The van der Waals surface area contributed by atoms with Crippen molar-refractivity contribution < 1.29 is 14.4 Å². The van der Waals surface area contributed by atoms with Crippen LogP contribution in [0.3, 0.4) is 0 Å². The standard InChI is InChI=1S/C23H22O3S/c24-21(12-5-15-3-1-2-4-15)16-6-8-18(9-7-16)27-19-10-11-20-17(13-19)14-22(25)23(20)26/h6-11,13,15H,1-5,12,14H2. The highest BCUT2D eigenvalue weighted by Crippen LogP contribution is 2.32. The maximum Gasteiger partial charge on any atom is 0.229 e. The lowest BCUT2D eigenvalue weighted by molar-refractivity contribution is -0.114. The molecule has 1 fully saturated rings. The molecule has 0 unspecified atom stereocenters. The number of carbonyl (C=O) groups is 3. The maximum atomic E-state index is 12.4. The van der Waals surface area contributed by atoms with Crippen molar-refractivity contribution in [2.45, 2.75) is 54.7 Å². The Morgan fingerprint density at radius 1 is 0.963 bits per heavy atom. The van der Waals surface area contributed by atoms with E-state index in [9.17, 15) is 14.4 Å². The summed E-state index contributed by atoms with van der Waals surface area (Å²) in [6.07, 6.45) is 7.05. The molecule has 0 amide bonds. The van der Waals surface area contributed by atoms with Crippen molar-refractivity contribution in [3.63, 3.8) is 0 Å². The van der Waals surface area contributed by atoms with Crippen LogP contribution >= 0.6 is 11.8 Å². The molecule has 4 heteroatoms. The molecule has 2 aliphatic carbocycles. The van der Waals surface area contributed by atoms with Gasteiger partial charge in [0, 0.05) is 33.8 Å². The van der Waals surface area contributed by atoms with Gasteiger partial charge in [-0.15, -0.1) is 0 Å². The van der Waals surface area contributed by atoms with Crippen LogP contribution in [0.25, 0.3) is 0 Å². The third kappa shape index (κ3) is 4.06. The second kappa shape index (κ2) is 7.81. The Morgan fingerprint density at radius 3 is 2.41 bits per heavy atom. The van der Waals surface area contributed by atoms with Crippen LogP contribution in [0.5, 0.6) is 0 Å². The van der Waals surface area contributed by atoms with Gasteiger partial charge in [-0.3, -0.25) is 14.4 Å².